The van der Waals surface area contributed by atoms with E-state index in [0.29, 0.717) is 17.5 Å². The van der Waals surface area contributed by atoms with E-state index in [4.69, 9.17) is 0 Å². The second-order valence-corrected chi connectivity index (χ2v) is 7.18. The van der Waals surface area contributed by atoms with Crippen LogP contribution >= 0.6 is 0 Å². The van der Waals surface area contributed by atoms with Crippen LogP contribution in [0.1, 0.15) is 40.5 Å². The van der Waals surface area contributed by atoms with Crippen LogP contribution in [0.4, 0.5) is 0 Å². The van der Waals surface area contributed by atoms with Crippen molar-refractivity contribution in [3.05, 3.63) is 0 Å². The van der Waals surface area contributed by atoms with Crippen molar-refractivity contribution < 1.29 is 0 Å². The molecule has 108 valence electrons. The molecule has 0 bridgehead atoms. The Balaban J connectivity index is 2.34. The first-order chi connectivity index (χ1) is 8.30. The van der Waals surface area contributed by atoms with Crippen molar-refractivity contribution in [3.8, 4) is 0 Å². The summed E-state index contributed by atoms with van der Waals surface area (Å²) in [7, 11) is 4.31. The molecule has 0 aromatic rings. The summed E-state index contributed by atoms with van der Waals surface area (Å²) in [5, 5.41) is 3.70. The average molecular weight is 255 g/mol. The van der Waals surface area contributed by atoms with Gasteiger partial charge >= 0.3 is 0 Å². The first-order valence-electron chi connectivity index (χ1n) is 7.43. The van der Waals surface area contributed by atoms with Crippen molar-refractivity contribution in [1.29, 1.82) is 0 Å². The maximum Gasteiger partial charge on any atom is 0.0244 e. The standard InChI is InChI=1S/C15H33N3/c1-13-11-16-14(15(2,3)4)12-18(13)10-8-7-9-17(5)6/h13-14,16H,7-12H2,1-6H3. The molecule has 1 aliphatic heterocycles. The second kappa shape index (κ2) is 6.88. The molecule has 0 amide bonds. The van der Waals surface area contributed by atoms with Crippen LogP contribution in [0.3, 0.4) is 0 Å². The fraction of sp³-hybridized carbons (Fsp3) is 1.00. The summed E-state index contributed by atoms with van der Waals surface area (Å²) in [6, 6.07) is 1.31. The quantitative estimate of drug-likeness (QED) is 0.759. The number of nitrogens with zero attached hydrogens (tertiary/aromatic N) is 2. The van der Waals surface area contributed by atoms with E-state index in [-0.39, 0.29) is 0 Å². The van der Waals surface area contributed by atoms with Gasteiger partial charge in [0.2, 0.25) is 0 Å². The molecule has 0 saturated carbocycles. The van der Waals surface area contributed by atoms with Crippen molar-refractivity contribution in [2.45, 2.75) is 52.6 Å². The maximum atomic E-state index is 3.70. The van der Waals surface area contributed by atoms with Crippen molar-refractivity contribution >= 4 is 0 Å². The molecule has 1 aliphatic rings. The predicted octanol–water partition coefficient (Wildman–Crippen LogP) is 2.04. The zero-order valence-corrected chi connectivity index (χ0v) is 13.3. The van der Waals surface area contributed by atoms with E-state index in [0.717, 1.165) is 6.54 Å². The van der Waals surface area contributed by atoms with Crippen LogP contribution in [-0.2, 0) is 0 Å². The molecule has 1 heterocycles. The van der Waals surface area contributed by atoms with Gasteiger partial charge in [0.15, 0.2) is 0 Å². The summed E-state index contributed by atoms with van der Waals surface area (Å²) >= 11 is 0. The third-order valence-electron chi connectivity index (χ3n) is 4.05. The molecule has 2 atom stereocenters. The number of rotatable bonds is 5. The molecule has 18 heavy (non-hydrogen) atoms. The molecule has 0 aromatic heterocycles. The minimum atomic E-state index is 0.363. The Morgan fingerprint density at radius 1 is 1.22 bits per heavy atom. The largest absolute Gasteiger partial charge is 0.311 e. The molecule has 1 fully saturated rings. The highest BCUT2D eigenvalue weighted by atomic mass is 15.2. The van der Waals surface area contributed by atoms with Gasteiger partial charge in [-0.25, -0.2) is 0 Å². The number of unbranched alkanes of at least 4 members (excludes halogenated alkanes) is 1. The van der Waals surface area contributed by atoms with Crippen molar-refractivity contribution in [3.63, 3.8) is 0 Å². The number of hydrogen-bond acceptors (Lipinski definition) is 3. The molecular weight excluding hydrogens is 222 g/mol. The summed E-state index contributed by atoms with van der Waals surface area (Å²) in [5.74, 6) is 0. The lowest BCUT2D eigenvalue weighted by Gasteiger charge is -2.44. The molecule has 3 nitrogen and oxygen atoms in total. The summed E-state index contributed by atoms with van der Waals surface area (Å²) < 4.78 is 0. The van der Waals surface area contributed by atoms with Crippen LogP contribution in [0.25, 0.3) is 0 Å². The molecule has 1 rings (SSSR count). The van der Waals surface area contributed by atoms with Gasteiger partial charge in [-0.1, -0.05) is 20.8 Å². The second-order valence-electron chi connectivity index (χ2n) is 7.18. The Kier molecular flexibility index (Phi) is 6.09. The highest BCUT2D eigenvalue weighted by molar-refractivity contribution is 4.90. The Hall–Kier alpha value is -0.120. The molecular formula is C15H33N3. The molecule has 2 unspecified atom stereocenters. The molecule has 0 radical (unpaired) electrons. The van der Waals surface area contributed by atoms with E-state index in [1.54, 1.807) is 0 Å². The first kappa shape index (κ1) is 15.9. The van der Waals surface area contributed by atoms with Crippen molar-refractivity contribution in [1.82, 2.24) is 15.1 Å². The highest BCUT2D eigenvalue weighted by Crippen LogP contribution is 2.23. The minimum absolute atomic E-state index is 0.363. The fourth-order valence-electron chi connectivity index (χ4n) is 2.56. The summed E-state index contributed by atoms with van der Waals surface area (Å²) in [5.41, 5.74) is 0.363. The van der Waals surface area contributed by atoms with E-state index in [1.807, 2.05) is 0 Å². The van der Waals surface area contributed by atoms with Crippen LogP contribution in [0, 0.1) is 5.41 Å². The normalized spacial score (nSPS) is 26.8. The Labute approximate surface area is 114 Å². The zero-order chi connectivity index (χ0) is 13.8. The molecule has 1 N–H and O–H groups in total. The van der Waals surface area contributed by atoms with Gasteiger partial charge in [0, 0.05) is 25.2 Å². The lowest BCUT2D eigenvalue weighted by molar-refractivity contribution is 0.0917. The van der Waals surface area contributed by atoms with Gasteiger partial charge < -0.3 is 10.2 Å². The monoisotopic (exact) mass is 255 g/mol. The topological polar surface area (TPSA) is 18.5 Å². The molecule has 0 aliphatic carbocycles. The van der Waals surface area contributed by atoms with Crippen LogP contribution in [0.15, 0.2) is 0 Å². The van der Waals surface area contributed by atoms with Gasteiger partial charge in [0.25, 0.3) is 0 Å². The number of hydrogen-bond donors (Lipinski definition) is 1. The van der Waals surface area contributed by atoms with Crippen LogP contribution in [-0.4, -0.2) is 62.2 Å². The Morgan fingerprint density at radius 3 is 2.44 bits per heavy atom. The third kappa shape index (κ3) is 5.25. The molecule has 0 spiro atoms. The Bertz CT molecular complexity index is 232. The van der Waals surface area contributed by atoms with Crippen LogP contribution in [0.2, 0.25) is 0 Å². The van der Waals surface area contributed by atoms with Gasteiger partial charge in [0.1, 0.15) is 0 Å². The minimum Gasteiger partial charge on any atom is -0.311 e. The average Bonchev–Trinajstić information content (AvgIpc) is 2.24. The van der Waals surface area contributed by atoms with E-state index in [2.05, 4.69) is 56.9 Å². The number of nitrogens with one attached hydrogen (secondary N) is 1. The number of piperazine rings is 1. The van der Waals surface area contributed by atoms with Crippen LogP contribution < -0.4 is 5.32 Å². The predicted molar refractivity (Wildman–Crippen MR) is 80.1 cm³/mol. The third-order valence-corrected chi connectivity index (χ3v) is 4.05. The first-order valence-corrected chi connectivity index (χ1v) is 7.43. The van der Waals surface area contributed by atoms with Gasteiger partial charge in [-0.2, -0.15) is 0 Å². The van der Waals surface area contributed by atoms with E-state index < -0.39 is 0 Å². The van der Waals surface area contributed by atoms with E-state index in [9.17, 15) is 0 Å². The Morgan fingerprint density at radius 2 is 1.89 bits per heavy atom. The molecule has 0 aromatic carbocycles. The maximum absolute atomic E-state index is 3.70. The summed E-state index contributed by atoms with van der Waals surface area (Å²) in [6.45, 7) is 14.2. The molecule has 3 heteroatoms. The van der Waals surface area contributed by atoms with Gasteiger partial charge in [0.05, 0.1) is 0 Å². The fourth-order valence-corrected chi connectivity index (χ4v) is 2.56. The van der Waals surface area contributed by atoms with Crippen LogP contribution in [0.5, 0.6) is 0 Å². The summed E-state index contributed by atoms with van der Waals surface area (Å²) in [6.07, 6.45) is 2.63. The van der Waals surface area contributed by atoms with Gasteiger partial charge in [-0.05, 0) is 52.4 Å². The molecule has 1 saturated heterocycles. The smallest absolute Gasteiger partial charge is 0.0244 e. The van der Waals surface area contributed by atoms with Gasteiger partial charge in [-0.15, -0.1) is 0 Å². The highest BCUT2D eigenvalue weighted by Gasteiger charge is 2.31. The zero-order valence-electron chi connectivity index (χ0n) is 13.3. The lowest BCUT2D eigenvalue weighted by atomic mass is 9.85. The van der Waals surface area contributed by atoms with E-state index >= 15 is 0 Å². The lowest BCUT2D eigenvalue weighted by Crippen LogP contribution is -2.59. The van der Waals surface area contributed by atoms with Crippen molar-refractivity contribution in [2.75, 3.05) is 40.3 Å². The van der Waals surface area contributed by atoms with Crippen molar-refractivity contribution in [2.24, 2.45) is 5.41 Å². The summed E-state index contributed by atoms with van der Waals surface area (Å²) in [4.78, 5) is 4.95. The van der Waals surface area contributed by atoms with E-state index in [1.165, 1.54) is 32.5 Å². The SMILES string of the molecule is CC1CNC(C(C)(C)C)CN1CCCCN(C)C. The van der Waals surface area contributed by atoms with Gasteiger partial charge in [-0.3, -0.25) is 4.90 Å².